The largest absolute Gasteiger partial charge is 0.380 e. The van der Waals surface area contributed by atoms with Crippen LogP contribution in [0.2, 0.25) is 5.02 Å². The van der Waals surface area contributed by atoms with Crippen molar-refractivity contribution in [3.05, 3.63) is 34.9 Å². The maximum absolute atomic E-state index is 13.0. The number of nitrogens with zero attached hydrogens (tertiary/aromatic N) is 2. The molecule has 3 rings (SSSR count). The lowest BCUT2D eigenvalue weighted by Crippen LogP contribution is -2.25. The van der Waals surface area contributed by atoms with Gasteiger partial charge in [0.15, 0.2) is 0 Å². The smallest absolute Gasteiger partial charge is 0.239 e. The summed E-state index contributed by atoms with van der Waals surface area (Å²) in [5.74, 6) is -0.548. The minimum absolute atomic E-state index is 0.0108. The first-order valence-electron chi connectivity index (χ1n) is 6.04. The average molecular weight is 297 g/mol. The van der Waals surface area contributed by atoms with Gasteiger partial charge in [0, 0.05) is 12.0 Å². The highest BCUT2D eigenvalue weighted by molar-refractivity contribution is 6.33. The van der Waals surface area contributed by atoms with E-state index < -0.39 is 11.7 Å². The van der Waals surface area contributed by atoms with Crippen LogP contribution in [0, 0.1) is 5.82 Å². The highest BCUT2D eigenvalue weighted by Crippen LogP contribution is 2.28. The van der Waals surface area contributed by atoms with Crippen LogP contribution in [0.25, 0.3) is 11.4 Å². The van der Waals surface area contributed by atoms with Crippen molar-refractivity contribution < 1.29 is 18.4 Å². The summed E-state index contributed by atoms with van der Waals surface area (Å²) in [7, 11) is 0. The monoisotopic (exact) mass is 296 g/mol. The standard InChI is InChI=1S/C13H10ClFN2O3/c14-10-5-7(15)1-2-8(10)12-16-13(20-17-12)9-6-19-4-3-11(9)18/h1-2,5,9H,3-4,6H2. The van der Waals surface area contributed by atoms with E-state index in [4.69, 9.17) is 20.9 Å². The molecule has 0 amide bonds. The van der Waals surface area contributed by atoms with E-state index in [9.17, 15) is 9.18 Å². The number of ether oxygens (including phenoxy) is 1. The molecular weight excluding hydrogens is 287 g/mol. The van der Waals surface area contributed by atoms with E-state index in [0.29, 0.717) is 18.6 Å². The molecule has 1 aromatic carbocycles. The molecule has 1 aliphatic rings. The topological polar surface area (TPSA) is 65.2 Å². The van der Waals surface area contributed by atoms with E-state index in [1.54, 1.807) is 0 Å². The molecule has 104 valence electrons. The van der Waals surface area contributed by atoms with Gasteiger partial charge in [-0.1, -0.05) is 16.8 Å². The SMILES string of the molecule is O=C1CCOCC1c1nc(-c2ccc(F)cc2Cl)no1. The maximum atomic E-state index is 13.0. The quantitative estimate of drug-likeness (QED) is 0.852. The Kier molecular flexibility index (Phi) is 3.50. The third-order valence-electron chi connectivity index (χ3n) is 3.08. The highest BCUT2D eigenvalue weighted by atomic mass is 35.5. The Morgan fingerprint density at radius 1 is 1.40 bits per heavy atom. The number of Topliss-reactive ketones (excluding diaryl/α,β-unsaturated/α-hetero) is 1. The fourth-order valence-corrected chi connectivity index (χ4v) is 2.26. The first-order chi connectivity index (χ1) is 9.65. The van der Waals surface area contributed by atoms with Crippen molar-refractivity contribution in [2.24, 2.45) is 0 Å². The van der Waals surface area contributed by atoms with Gasteiger partial charge in [0.25, 0.3) is 0 Å². The Bertz CT molecular complexity index is 659. The number of hydrogen-bond donors (Lipinski definition) is 0. The van der Waals surface area contributed by atoms with Crippen molar-refractivity contribution in [2.45, 2.75) is 12.3 Å². The van der Waals surface area contributed by atoms with Crippen LogP contribution < -0.4 is 0 Å². The molecule has 0 bridgehead atoms. The minimum Gasteiger partial charge on any atom is -0.380 e. The minimum atomic E-state index is -0.538. The molecule has 1 fully saturated rings. The molecule has 1 aromatic heterocycles. The molecule has 20 heavy (non-hydrogen) atoms. The summed E-state index contributed by atoms with van der Waals surface area (Å²) in [6.45, 7) is 0.651. The summed E-state index contributed by atoms with van der Waals surface area (Å²) in [5.41, 5.74) is 0.451. The molecule has 1 unspecified atom stereocenters. The van der Waals surface area contributed by atoms with Crippen molar-refractivity contribution in [2.75, 3.05) is 13.2 Å². The van der Waals surface area contributed by atoms with Gasteiger partial charge in [-0.25, -0.2) is 4.39 Å². The molecule has 2 aromatic rings. The summed E-state index contributed by atoms with van der Waals surface area (Å²) >= 11 is 5.93. The Labute approximate surface area is 118 Å². The molecule has 1 saturated heterocycles. The van der Waals surface area contributed by atoms with E-state index in [1.807, 2.05) is 0 Å². The van der Waals surface area contributed by atoms with Gasteiger partial charge < -0.3 is 9.26 Å². The van der Waals surface area contributed by atoms with Gasteiger partial charge >= 0.3 is 0 Å². The van der Waals surface area contributed by atoms with Crippen molar-refractivity contribution in [3.8, 4) is 11.4 Å². The van der Waals surface area contributed by atoms with Crippen LogP contribution >= 0.6 is 11.6 Å². The lowest BCUT2D eigenvalue weighted by Gasteiger charge is -2.17. The van der Waals surface area contributed by atoms with Crippen LogP contribution in [-0.4, -0.2) is 29.1 Å². The molecule has 0 radical (unpaired) electrons. The van der Waals surface area contributed by atoms with Gasteiger partial charge in [-0.2, -0.15) is 4.98 Å². The number of carbonyl (C=O) groups is 1. The Balaban J connectivity index is 1.91. The van der Waals surface area contributed by atoms with Gasteiger partial charge in [-0.05, 0) is 18.2 Å². The van der Waals surface area contributed by atoms with Crippen molar-refractivity contribution in [1.82, 2.24) is 10.1 Å². The number of benzene rings is 1. The van der Waals surface area contributed by atoms with Crippen LogP contribution in [0.4, 0.5) is 4.39 Å². The van der Waals surface area contributed by atoms with E-state index in [0.717, 1.165) is 0 Å². The van der Waals surface area contributed by atoms with Gasteiger partial charge in [0.1, 0.15) is 17.5 Å². The average Bonchev–Trinajstić information content (AvgIpc) is 2.88. The van der Waals surface area contributed by atoms with Crippen LogP contribution in [0.15, 0.2) is 22.7 Å². The Hall–Kier alpha value is -1.79. The number of rotatable bonds is 2. The van der Waals surface area contributed by atoms with Crippen LogP contribution in [-0.2, 0) is 9.53 Å². The number of carbonyl (C=O) groups excluding carboxylic acids is 1. The molecule has 7 heteroatoms. The van der Waals surface area contributed by atoms with E-state index in [1.165, 1.54) is 18.2 Å². The summed E-state index contributed by atoms with van der Waals surface area (Å²) in [6.07, 6.45) is 0.333. The molecule has 0 spiro atoms. The molecule has 0 N–H and O–H groups in total. The molecule has 0 aliphatic carbocycles. The molecule has 0 saturated carbocycles. The van der Waals surface area contributed by atoms with Crippen molar-refractivity contribution in [3.63, 3.8) is 0 Å². The first-order valence-corrected chi connectivity index (χ1v) is 6.42. The second-order valence-corrected chi connectivity index (χ2v) is 4.83. The third-order valence-corrected chi connectivity index (χ3v) is 3.39. The molecule has 2 heterocycles. The lowest BCUT2D eigenvalue weighted by atomic mass is 10.0. The number of ketones is 1. The van der Waals surface area contributed by atoms with Crippen molar-refractivity contribution in [1.29, 1.82) is 0 Å². The predicted octanol–water partition coefficient (Wildman–Crippen LogP) is 2.60. The number of aromatic nitrogens is 2. The van der Waals surface area contributed by atoms with Crippen LogP contribution in [0.3, 0.4) is 0 Å². The zero-order valence-corrected chi connectivity index (χ0v) is 11.1. The Morgan fingerprint density at radius 2 is 2.25 bits per heavy atom. The molecule has 1 atom stereocenters. The third kappa shape index (κ3) is 2.44. The molecule has 5 nitrogen and oxygen atoms in total. The second kappa shape index (κ2) is 5.30. The highest BCUT2D eigenvalue weighted by Gasteiger charge is 2.30. The predicted molar refractivity (Wildman–Crippen MR) is 67.9 cm³/mol. The van der Waals surface area contributed by atoms with Gasteiger partial charge in [-0.15, -0.1) is 0 Å². The zero-order valence-electron chi connectivity index (χ0n) is 10.3. The van der Waals surface area contributed by atoms with Gasteiger partial charge in [-0.3, -0.25) is 4.79 Å². The second-order valence-electron chi connectivity index (χ2n) is 4.42. The van der Waals surface area contributed by atoms with Gasteiger partial charge in [0.05, 0.1) is 18.2 Å². The van der Waals surface area contributed by atoms with E-state index in [-0.39, 0.29) is 29.1 Å². The number of hydrogen-bond acceptors (Lipinski definition) is 5. The normalized spacial score (nSPS) is 19.3. The van der Waals surface area contributed by atoms with Crippen LogP contribution in [0.1, 0.15) is 18.2 Å². The Morgan fingerprint density at radius 3 is 3.00 bits per heavy atom. The fraction of sp³-hybridized carbons (Fsp3) is 0.308. The first kappa shape index (κ1) is 13.2. The molecule has 1 aliphatic heterocycles. The van der Waals surface area contributed by atoms with Crippen molar-refractivity contribution >= 4 is 17.4 Å². The summed E-state index contributed by atoms with van der Waals surface area (Å²) in [6, 6.07) is 3.89. The lowest BCUT2D eigenvalue weighted by molar-refractivity contribution is -0.127. The fourth-order valence-electron chi connectivity index (χ4n) is 2.01. The summed E-state index contributed by atoms with van der Waals surface area (Å²) in [5, 5.41) is 3.97. The summed E-state index contributed by atoms with van der Waals surface area (Å²) < 4.78 is 23.3. The van der Waals surface area contributed by atoms with Gasteiger partial charge in [0.2, 0.25) is 11.7 Å². The van der Waals surface area contributed by atoms with Crippen LogP contribution in [0.5, 0.6) is 0 Å². The maximum Gasteiger partial charge on any atom is 0.239 e. The van der Waals surface area contributed by atoms with E-state index >= 15 is 0 Å². The van der Waals surface area contributed by atoms with E-state index in [2.05, 4.69) is 10.1 Å². The zero-order chi connectivity index (χ0) is 14.1. The molecular formula is C13H10ClFN2O3. The summed E-state index contributed by atoms with van der Waals surface area (Å²) in [4.78, 5) is 15.9. The number of halogens is 2.